The van der Waals surface area contributed by atoms with E-state index in [0.717, 1.165) is 10.0 Å². The van der Waals surface area contributed by atoms with E-state index in [9.17, 15) is 4.39 Å². The van der Waals surface area contributed by atoms with Crippen LogP contribution < -0.4 is 5.73 Å². The van der Waals surface area contributed by atoms with Gasteiger partial charge in [0, 0.05) is 23.4 Å². The van der Waals surface area contributed by atoms with E-state index in [1.807, 2.05) is 0 Å². The maximum Gasteiger partial charge on any atom is 0.128 e. The minimum absolute atomic E-state index is 0.312. The molecule has 0 aliphatic heterocycles. The summed E-state index contributed by atoms with van der Waals surface area (Å²) in [7, 11) is 0. The molecule has 6 heteroatoms. The number of nitrogens with two attached hydrogens (primary N) is 1. The van der Waals surface area contributed by atoms with Gasteiger partial charge in [-0.2, -0.15) is 0 Å². The smallest absolute Gasteiger partial charge is 0.128 e. The van der Waals surface area contributed by atoms with Gasteiger partial charge in [-0.1, -0.05) is 17.7 Å². The Bertz CT molecular complexity index is 495. The molecule has 0 atom stereocenters. The topological polar surface area (TPSA) is 51.8 Å². The molecule has 17 heavy (non-hydrogen) atoms. The Labute approximate surface area is 107 Å². The molecule has 90 valence electrons. The third-order valence-corrected chi connectivity index (χ3v) is 3.59. The van der Waals surface area contributed by atoms with E-state index in [2.05, 4.69) is 10.2 Å². The Hall–Kier alpha value is -1.04. The van der Waals surface area contributed by atoms with Crippen LogP contribution in [0.1, 0.15) is 15.6 Å². The van der Waals surface area contributed by atoms with Crippen molar-refractivity contribution in [3.05, 3.63) is 44.6 Å². The second-order valence-corrected chi connectivity index (χ2v) is 5.06. The first-order valence-electron chi connectivity index (χ1n) is 5.15. The van der Waals surface area contributed by atoms with Crippen molar-refractivity contribution in [2.75, 3.05) is 6.54 Å². The van der Waals surface area contributed by atoms with Crippen LogP contribution in [0.4, 0.5) is 4.39 Å². The van der Waals surface area contributed by atoms with Gasteiger partial charge in [-0.3, -0.25) is 0 Å². The zero-order chi connectivity index (χ0) is 12.3. The van der Waals surface area contributed by atoms with Crippen molar-refractivity contribution in [1.82, 2.24) is 10.2 Å². The molecule has 0 aliphatic rings. The molecule has 1 heterocycles. The molecule has 0 radical (unpaired) electrons. The molecule has 0 amide bonds. The molecule has 0 saturated heterocycles. The quantitative estimate of drug-likeness (QED) is 0.929. The van der Waals surface area contributed by atoms with Crippen LogP contribution in [0.2, 0.25) is 5.02 Å². The lowest BCUT2D eigenvalue weighted by Crippen LogP contribution is -2.01. The summed E-state index contributed by atoms with van der Waals surface area (Å²) in [5.41, 5.74) is 5.89. The van der Waals surface area contributed by atoms with E-state index in [1.165, 1.54) is 17.4 Å². The summed E-state index contributed by atoms with van der Waals surface area (Å²) in [4.78, 5) is 0. The van der Waals surface area contributed by atoms with Crippen LogP contribution >= 0.6 is 22.9 Å². The fourth-order valence-corrected chi connectivity index (χ4v) is 2.54. The lowest BCUT2D eigenvalue weighted by atomic mass is 10.1. The van der Waals surface area contributed by atoms with Gasteiger partial charge >= 0.3 is 0 Å². The van der Waals surface area contributed by atoms with E-state index < -0.39 is 0 Å². The van der Waals surface area contributed by atoms with Crippen LogP contribution in [0, 0.1) is 5.82 Å². The van der Waals surface area contributed by atoms with E-state index in [1.54, 1.807) is 12.1 Å². The summed E-state index contributed by atoms with van der Waals surface area (Å²) in [5.74, 6) is -0.312. The van der Waals surface area contributed by atoms with Gasteiger partial charge in [-0.15, -0.1) is 21.5 Å². The largest absolute Gasteiger partial charge is 0.330 e. The zero-order valence-electron chi connectivity index (χ0n) is 8.99. The van der Waals surface area contributed by atoms with E-state index in [4.69, 9.17) is 17.3 Å². The van der Waals surface area contributed by atoms with Crippen LogP contribution in [0.15, 0.2) is 18.2 Å². The molecule has 2 aromatic rings. The van der Waals surface area contributed by atoms with Crippen molar-refractivity contribution in [1.29, 1.82) is 0 Å². The maximum absolute atomic E-state index is 13.5. The summed E-state index contributed by atoms with van der Waals surface area (Å²) in [6.07, 6.45) is 1.07. The first-order valence-corrected chi connectivity index (χ1v) is 6.34. The number of aromatic nitrogens is 2. The Kier molecular flexibility index (Phi) is 4.04. The third kappa shape index (κ3) is 3.00. The van der Waals surface area contributed by atoms with Gasteiger partial charge in [0.1, 0.15) is 15.8 Å². The number of hydrogen-bond acceptors (Lipinski definition) is 4. The average Bonchev–Trinajstić information content (AvgIpc) is 2.72. The molecule has 0 fully saturated rings. The highest BCUT2D eigenvalue weighted by Crippen LogP contribution is 2.23. The lowest BCUT2D eigenvalue weighted by Gasteiger charge is -2.02. The summed E-state index contributed by atoms with van der Waals surface area (Å²) < 4.78 is 13.5. The predicted octanol–water partition coefficient (Wildman–Crippen LogP) is 2.42. The van der Waals surface area contributed by atoms with Crippen molar-refractivity contribution in [3.8, 4) is 0 Å². The predicted molar refractivity (Wildman–Crippen MR) is 66.9 cm³/mol. The average molecular weight is 272 g/mol. The maximum atomic E-state index is 13.5. The fraction of sp³-hybridized carbons (Fsp3) is 0.273. The molecule has 2 N–H and O–H groups in total. The minimum Gasteiger partial charge on any atom is -0.330 e. The van der Waals surface area contributed by atoms with Crippen LogP contribution in [0.5, 0.6) is 0 Å². The highest BCUT2D eigenvalue weighted by Gasteiger charge is 2.11. The van der Waals surface area contributed by atoms with Crippen molar-refractivity contribution in [2.24, 2.45) is 5.73 Å². The van der Waals surface area contributed by atoms with Crippen LogP contribution in [-0.4, -0.2) is 16.7 Å². The number of rotatable bonds is 4. The molecule has 0 unspecified atom stereocenters. The highest BCUT2D eigenvalue weighted by molar-refractivity contribution is 7.11. The second kappa shape index (κ2) is 5.53. The van der Waals surface area contributed by atoms with Gasteiger partial charge in [0.25, 0.3) is 0 Å². The third-order valence-electron chi connectivity index (χ3n) is 2.26. The normalized spacial score (nSPS) is 10.8. The monoisotopic (exact) mass is 271 g/mol. The molecule has 2 rings (SSSR count). The van der Waals surface area contributed by atoms with Crippen LogP contribution in [0.25, 0.3) is 0 Å². The number of hydrogen-bond donors (Lipinski definition) is 1. The Balaban J connectivity index is 2.19. The fourth-order valence-electron chi connectivity index (χ4n) is 1.44. The Morgan fingerprint density at radius 3 is 2.76 bits per heavy atom. The summed E-state index contributed by atoms with van der Waals surface area (Å²) in [5, 5.41) is 10.0. The number of halogens is 2. The van der Waals surface area contributed by atoms with Gasteiger partial charge in [-0.05, 0) is 18.7 Å². The van der Waals surface area contributed by atoms with Gasteiger partial charge < -0.3 is 5.73 Å². The first-order chi connectivity index (χ1) is 8.20. The SMILES string of the molecule is NCCc1nnc(Cc2c(F)cccc2Cl)s1. The van der Waals surface area contributed by atoms with Gasteiger partial charge in [0.05, 0.1) is 0 Å². The molecule has 0 spiro atoms. The Morgan fingerprint density at radius 1 is 1.29 bits per heavy atom. The minimum atomic E-state index is -0.312. The molecule has 3 nitrogen and oxygen atoms in total. The van der Waals surface area contributed by atoms with Crippen molar-refractivity contribution < 1.29 is 4.39 Å². The van der Waals surface area contributed by atoms with Crippen molar-refractivity contribution in [2.45, 2.75) is 12.8 Å². The summed E-state index contributed by atoms with van der Waals surface area (Å²) >= 11 is 7.39. The van der Waals surface area contributed by atoms with Gasteiger partial charge in [0.15, 0.2) is 0 Å². The van der Waals surface area contributed by atoms with Crippen LogP contribution in [0.3, 0.4) is 0 Å². The highest BCUT2D eigenvalue weighted by atomic mass is 35.5. The molecule has 1 aromatic carbocycles. The van der Waals surface area contributed by atoms with Gasteiger partial charge in [0.2, 0.25) is 0 Å². The van der Waals surface area contributed by atoms with Crippen molar-refractivity contribution in [3.63, 3.8) is 0 Å². The molecule has 1 aromatic heterocycles. The van der Waals surface area contributed by atoms with E-state index in [0.29, 0.717) is 30.0 Å². The molecular formula is C11H11ClFN3S. The summed E-state index contributed by atoms with van der Waals surface area (Å²) in [6.45, 7) is 0.537. The zero-order valence-corrected chi connectivity index (χ0v) is 10.6. The molecular weight excluding hydrogens is 261 g/mol. The van der Waals surface area contributed by atoms with Crippen LogP contribution in [-0.2, 0) is 12.8 Å². The Morgan fingerprint density at radius 2 is 2.06 bits per heavy atom. The molecule has 0 aliphatic carbocycles. The summed E-state index contributed by atoms with van der Waals surface area (Å²) in [6, 6.07) is 4.64. The second-order valence-electron chi connectivity index (χ2n) is 3.51. The van der Waals surface area contributed by atoms with E-state index >= 15 is 0 Å². The lowest BCUT2D eigenvalue weighted by molar-refractivity contribution is 0.613. The number of nitrogens with zero attached hydrogens (tertiary/aromatic N) is 2. The van der Waals surface area contributed by atoms with E-state index in [-0.39, 0.29) is 5.82 Å². The van der Waals surface area contributed by atoms with Crippen molar-refractivity contribution >= 4 is 22.9 Å². The van der Waals surface area contributed by atoms with Gasteiger partial charge in [-0.25, -0.2) is 4.39 Å². The molecule has 0 bridgehead atoms. The first kappa shape index (κ1) is 12.4. The standard InChI is InChI=1S/C11H11ClFN3S/c12-8-2-1-3-9(13)7(8)6-11-16-15-10(17-11)4-5-14/h1-3H,4-6,14H2. The number of benzene rings is 1. The molecule has 0 saturated carbocycles.